The lowest BCUT2D eigenvalue weighted by atomic mass is 9.81. The van der Waals surface area contributed by atoms with E-state index in [0.29, 0.717) is 41.3 Å². The van der Waals surface area contributed by atoms with Crippen LogP contribution in [0.4, 0.5) is 16.3 Å². The Kier molecular flexibility index (Phi) is 6.23. The number of thiazole rings is 1. The number of benzene rings is 1. The molecule has 0 bridgehead atoms. The van der Waals surface area contributed by atoms with Crippen LogP contribution < -0.4 is 22.1 Å². The first kappa shape index (κ1) is 23.6. The zero-order chi connectivity index (χ0) is 24.5. The third-order valence-electron chi connectivity index (χ3n) is 5.56. The minimum absolute atomic E-state index is 0.0605. The maximum Gasteiger partial charge on any atom is 0.319 e. The summed E-state index contributed by atoms with van der Waals surface area (Å²) in [6, 6.07) is 7.73. The molecule has 1 saturated carbocycles. The van der Waals surface area contributed by atoms with E-state index in [2.05, 4.69) is 25.6 Å². The number of amides is 2. The highest BCUT2D eigenvalue weighted by Gasteiger charge is 2.53. The summed E-state index contributed by atoms with van der Waals surface area (Å²) in [6.07, 6.45) is 1.62. The van der Waals surface area contributed by atoms with E-state index in [4.69, 9.17) is 16.9 Å². The molecule has 1 aromatic carbocycles. The molecule has 1 fully saturated rings. The molecule has 178 valence electrons. The lowest BCUT2D eigenvalue weighted by molar-refractivity contribution is 0.253. The SMILES string of the molecule is Cc1csc(S(=O)(=O)C2(c3cc(N)nc(-c4ccc(NC(=O)NCC(=N)N)cc4)n3)CCC2)n1. The molecule has 11 nitrogen and oxygen atoms in total. The zero-order valence-corrected chi connectivity index (χ0v) is 20.0. The summed E-state index contributed by atoms with van der Waals surface area (Å²) < 4.78 is 26.0. The van der Waals surface area contributed by atoms with E-state index in [1.807, 2.05) is 0 Å². The standard InChI is InChI=1S/C21H24N8O3S2/c1-12-11-33-20(26-12)34(31,32)21(7-2-8-21)15-9-17(24)29-18(28-15)13-3-5-14(6-4-13)27-19(30)25-10-16(22)23/h3-6,9,11H,2,7-8,10H2,1H3,(H3,22,23)(H2,24,28,29)(H2,25,27,30). The number of nitrogen functional groups attached to an aromatic ring is 1. The zero-order valence-electron chi connectivity index (χ0n) is 18.3. The quantitative estimate of drug-likeness (QED) is 0.241. The number of hydrogen-bond donors (Lipinski definition) is 5. The number of sulfone groups is 1. The molecule has 1 aliphatic rings. The van der Waals surface area contributed by atoms with E-state index in [1.165, 1.54) is 6.07 Å². The van der Waals surface area contributed by atoms with Crippen molar-refractivity contribution in [3.05, 3.63) is 47.1 Å². The summed E-state index contributed by atoms with van der Waals surface area (Å²) in [5.74, 6) is 0.304. The van der Waals surface area contributed by atoms with Crippen LogP contribution in [0.1, 0.15) is 30.7 Å². The maximum absolute atomic E-state index is 13.5. The largest absolute Gasteiger partial charge is 0.386 e. The molecule has 1 aliphatic carbocycles. The Labute approximate surface area is 200 Å². The lowest BCUT2D eigenvalue weighted by Crippen LogP contribution is -2.43. The Morgan fingerprint density at radius 3 is 2.47 bits per heavy atom. The third kappa shape index (κ3) is 4.43. The number of aryl methyl sites for hydroxylation is 1. The van der Waals surface area contributed by atoms with Crippen molar-refractivity contribution >= 4 is 44.5 Å². The number of carbonyl (C=O) groups is 1. The monoisotopic (exact) mass is 500 g/mol. The first-order valence-electron chi connectivity index (χ1n) is 10.4. The van der Waals surface area contributed by atoms with Gasteiger partial charge in [-0.05, 0) is 50.5 Å². The molecule has 0 radical (unpaired) electrons. The topological polar surface area (TPSA) is 190 Å². The average Bonchev–Trinajstić information content (AvgIpc) is 3.19. The van der Waals surface area contributed by atoms with E-state index < -0.39 is 20.6 Å². The van der Waals surface area contributed by atoms with Gasteiger partial charge in [-0.15, -0.1) is 11.3 Å². The van der Waals surface area contributed by atoms with Crippen LogP contribution >= 0.6 is 11.3 Å². The van der Waals surface area contributed by atoms with Crippen molar-refractivity contribution in [3.63, 3.8) is 0 Å². The number of urea groups is 1. The molecular formula is C21H24N8O3S2. The molecule has 0 saturated heterocycles. The van der Waals surface area contributed by atoms with Gasteiger partial charge in [-0.1, -0.05) is 0 Å². The normalized spacial score (nSPS) is 14.7. The van der Waals surface area contributed by atoms with Gasteiger partial charge in [-0.25, -0.2) is 28.2 Å². The lowest BCUT2D eigenvalue weighted by Gasteiger charge is -2.39. The van der Waals surface area contributed by atoms with Gasteiger partial charge in [-0.3, -0.25) is 5.41 Å². The van der Waals surface area contributed by atoms with Crippen LogP contribution in [0, 0.1) is 12.3 Å². The van der Waals surface area contributed by atoms with E-state index in [-0.39, 0.29) is 22.5 Å². The highest BCUT2D eigenvalue weighted by molar-refractivity contribution is 7.94. The van der Waals surface area contributed by atoms with Crippen molar-refractivity contribution in [2.45, 2.75) is 35.3 Å². The van der Waals surface area contributed by atoms with E-state index in [1.54, 1.807) is 36.6 Å². The minimum Gasteiger partial charge on any atom is -0.386 e. The smallest absolute Gasteiger partial charge is 0.319 e. The average molecular weight is 501 g/mol. The molecule has 0 unspecified atom stereocenters. The summed E-state index contributed by atoms with van der Waals surface area (Å²) in [5, 5.41) is 13.9. The molecule has 2 amide bonds. The molecule has 2 heterocycles. The van der Waals surface area contributed by atoms with Crippen LogP contribution in [-0.2, 0) is 14.6 Å². The second-order valence-electron chi connectivity index (χ2n) is 8.02. The van der Waals surface area contributed by atoms with Gasteiger partial charge in [0.25, 0.3) is 0 Å². The third-order valence-corrected chi connectivity index (χ3v) is 9.45. The fourth-order valence-electron chi connectivity index (χ4n) is 3.67. The van der Waals surface area contributed by atoms with Crippen molar-refractivity contribution in [1.82, 2.24) is 20.3 Å². The Bertz CT molecular complexity index is 1350. The molecule has 3 aromatic rings. The van der Waals surface area contributed by atoms with Gasteiger partial charge in [-0.2, -0.15) is 0 Å². The predicted molar refractivity (Wildman–Crippen MR) is 130 cm³/mol. The van der Waals surface area contributed by atoms with Crippen LogP contribution in [0.2, 0.25) is 0 Å². The molecule has 34 heavy (non-hydrogen) atoms. The highest BCUT2D eigenvalue weighted by Crippen LogP contribution is 2.51. The van der Waals surface area contributed by atoms with Crippen molar-refractivity contribution < 1.29 is 13.2 Å². The number of nitrogens with one attached hydrogen (secondary N) is 3. The summed E-state index contributed by atoms with van der Waals surface area (Å²) in [5.41, 5.74) is 13.4. The maximum atomic E-state index is 13.5. The van der Waals surface area contributed by atoms with E-state index in [0.717, 1.165) is 17.8 Å². The molecule has 7 N–H and O–H groups in total. The van der Waals surface area contributed by atoms with Crippen LogP contribution in [0.25, 0.3) is 11.4 Å². The molecular weight excluding hydrogens is 476 g/mol. The number of nitrogens with zero attached hydrogens (tertiary/aromatic N) is 3. The summed E-state index contributed by atoms with van der Waals surface area (Å²) in [6.45, 7) is 1.70. The second kappa shape index (κ2) is 8.99. The van der Waals surface area contributed by atoms with Gasteiger partial charge in [0.15, 0.2) is 5.82 Å². The van der Waals surface area contributed by atoms with Gasteiger partial charge in [0.1, 0.15) is 16.4 Å². The number of amidine groups is 1. The Hall–Kier alpha value is -3.58. The molecule has 13 heteroatoms. The molecule has 4 rings (SSSR count). The van der Waals surface area contributed by atoms with E-state index >= 15 is 0 Å². The van der Waals surface area contributed by atoms with Crippen LogP contribution in [0.15, 0.2) is 40.1 Å². The van der Waals surface area contributed by atoms with Crippen molar-refractivity contribution in [2.24, 2.45) is 5.73 Å². The van der Waals surface area contributed by atoms with Gasteiger partial charge in [0, 0.05) is 28.4 Å². The summed E-state index contributed by atoms with van der Waals surface area (Å²) >= 11 is 1.11. The fraction of sp³-hybridized carbons (Fsp3) is 0.286. The number of aromatic nitrogens is 3. The highest BCUT2D eigenvalue weighted by atomic mass is 32.2. The molecule has 0 spiro atoms. The first-order chi connectivity index (χ1) is 16.1. The fourth-order valence-corrected chi connectivity index (χ4v) is 7.12. The van der Waals surface area contributed by atoms with Crippen molar-refractivity contribution in [3.8, 4) is 11.4 Å². The summed E-state index contributed by atoms with van der Waals surface area (Å²) in [7, 11) is -3.76. The Balaban J connectivity index is 1.62. The second-order valence-corrected chi connectivity index (χ2v) is 11.3. The van der Waals surface area contributed by atoms with Crippen molar-refractivity contribution in [1.29, 1.82) is 5.41 Å². The van der Waals surface area contributed by atoms with Gasteiger partial charge in [0.2, 0.25) is 14.2 Å². The van der Waals surface area contributed by atoms with Crippen molar-refractivity contribution in [2.75, 3.05) is 17.6 Å². The molecule has 0 atom stereocenters. The number of nitrogens with two attached hydrogens (primary N) is 2. The molecule has 2 aromatic heterocycles. The van der Waals surface area contributed by atoms with Crippen LogP contribution in [-0.4, -0.2) is 41.8 Å². The van der Waals surface area contributed by atoms with Gasteiger partial charge in [0.05, 0.1) is 12.2 Å². The Morgan fingerprint density at radius 1 is 1.21 bits per heavy atom. The summed E-state index contributed by atoms with van der Waals surface area (Å²) in [4.78, 5) is 25.0. The van der Waals surface area contributed by atoms with Gasteiger partial charge >= 0.3 is 6.03 Å². The predicted octanol–water partition coefficient (Wildman–Crippen LogP) is 2.40. The number of hydrogen-bond acceptors (Lipinski definition) is 9. The Morgan fingerprint density at radius 2 is 1.91 bits per heavy atom. The van der Waals surface area contributed by atoms with Gasteiger partial charge < -0.3 is 22.1 Å². The first-order valence-corrected chi connectivity index (χ1v) is 12.8. The minimum atomic E-state index is -3.76. The van der Waals surface area contributed by atoms with Crippen LogP contribution in [0.5, 0.6) is 0 Å². The number of rotatable bonds is 7. The molecule has 0 aliphatic heterocycles. The number of carbonyl (C=O) groups excluding carboxylic acids is 1. The number of anilines is 2. The van der Waals surface area contributed by atoms with Crippen LogP contribution in [0.3, 0.4) is 0 Å². The van der Waals surface area contributed by atoms with E-state index in [9.17, 15) is 13.2 Å².